The van der Waals surface area contributed by atoms with Crippen LogP contribution in [0.2, 0.25) is 0 Å². The van der Waals surface area contributed by atoms with E-state index >= 15 is 0 Å². The van der Waals surface area contributed by atoms with Crippen LogP contribution in [0.5, 0.6) is 0 Å². The van der Waals surface area contributed by atoms with Gasteiger partial charge in [-0.05, 0) is 36.5 Å². The fourth-order valence-corrected chi connectivity index (χ4v) is 4.30. The molecule has 1 unspecified atom stereocenters. The van der Waals surface area contributed by atoms with Crippen molar-refractivity contribution in [2.45, 2.75) is 38.5 Å². The van der Waals surface area contributed by atoms with Crippen LogP contribution in [0.3, 0.4) is 0 Å². The fourth-order valence-electron chi connectivity index (χ4n) is 4.30. The summed E-state index contributed by atoms with van der Waals surface area (Å²) in [5, 5.41) is 4.54. The Morgan fingerprint density at radius 1 is 0.933 bits per heavy atom. The molecule has 0 radical (unpaired) electrons. The number of nitrogens with zero attached hydrogens (tertiary/aromatic N) is 1. The van der Waals surface area contributed by atoms with Crippen LogP contribution in [0, 0.1) is 12.8 Å². The highest BCUT2D eigenvalue weighted by Crippen LogP contribution is 2.58. The first-order chi connectivity index (χ1) is 14.6. The second kappa shape index (κ2) is 8.66. The number of benzene rings is 3. The van der Waals surface area contributed by atoms with Crippen LogP contribution in [0.25, 0.3) is 0 Å². The fraction of sp³-hybridized carbons (Fsp3) is 0.259. The number of carbonyl (C=O) groups is 1. The number of hydrazone groups is 1. The van der Waals surface area contributed by atoms with Crippen molar-refractivity contribution >= 4 is 11.6 Å². The lowest BCUT2D eigenvalue weighted by atomic mass is 9.85. The Labute approximate surface area is 178 Å². The highest BCUT2D eigenvalue weighted by atomic mass is 16.2. The molecule has 0 bridgehead atoms. The van der Waals surface area contributed by atoms with E-state index in [-0.39, 0.29) is 17.2 Å². The quantitative estimate of drug-likeness (QED) is 0.409. The van der Waals surface area contributed by atoms with E-state index in [0.29, 0.717) is 0 Å². The summed E-state index contributed by atoms with van der Waals surface area (Å²) in [5.41, 5.74) is 8.20. The summed E-state index contributed by atoms with van der Waals surface area (Å²) in [6.07, 6.45) is 2.61. The van der Waals surface area contributed by atoms with Gasteiger partial charge in [0.05, 0.1) is 11.6 Å². The van der Waals surface area contributed by atoms with E-state index < -0.39 is 0 Å². The maximum atomic E-state index is 13.1. The number of carbonyl (C=O) groups excluding carboxylic acids is 1. The molecule has 152 valence electrons. The van der Waals surface area contributed by atoms with Gasteiger partial charge in [0.1, 0.15) is 0 Å². The van der Waals surface area contributed by atoms with E-state index in [4.69, 9.17) is 0 Å². The summed E-state index contributed by atoms with van der Waals surface area (Å²) >= 11 is 0. The van der Waals surface area contributed by atoms with Crippen molar-refractivity contribution < 1.29 is 4.79 Å². The van der Waals surface area contributed by atoms with E-state index in [2.05, 4.69) is 72.9 Å². The first-order valence-corrected chi connectivity index (χ1v) is 10.7. The predicted molar refractivity (Wildman–Crippen MR) is 123 cm³/mol. The topological polar surface area (TPSA) is 41.5 Å². The number of hydrogen-bond donors (Lipinski definition) is 1. The van der Waals surface area contributed by atoms with Crippen molar-refractivity contribution in [1.29, 1.82) is 0 Å². The van der Waals surface area contributed by atoms with Gasteiger partial charge in [-0.2, -0.15) is 5.10 Å². The first-order valence-electron chi connectivity index (χ1n) is 10.7. The first kappa shape index (κ1) is 20.1. The Bertz CT molecular complexity index is 984. The van der Waals surface area contributed by atoms with Gasteiger partial charge in [0.25, 0.3) is 0 Å². The molecule has 3 heteroatoms. The van der Waals surface area contributed by atoms with Crippen LogP contribution in [0.1, 0.15) is 48.4 Å². The smallest absolute Gasteiger partial charge is 0.244 e. The molecular formula is C27H28N2O. The molecule has 1 aliphatic carbocycles. The lowest BCUT2D eigenvalue weighted by molar-refractivity contribution is -0.122. The van der Waals surface area contributed by atoms with Crippen LogP contribution < -0.4 is 5.43 Å². The van der Waals surface area contributed by atoms with Gasteiger partial charge in [-0.3, -0.25) is 4.79 Å². The van der Waals surface area contributed by atoms with Gasteiger partial charge in [0.2, 0.25) is 5.91 Å². The summed E-state index contributed by atoms with van der Waals surface area (Å²) in [6, 6.07) is 29.0. The normalized spacial score (nSPS) is 17.4. The minimum atomic E-state index is -0.267. The largest absolute Gasteiger partial charge is 0.273 e. The summed E-state index contributed by atoms with van der Waals surface area (Å²) in [5.74, 6) is -0.129. The van der Waals surface area contributed by atoms with Gasteiger partial charge in [-0.1, -0.05) is 104 Å². The molecule has 4 rings (SSSR count). The molecule has 0 saturated heterocycles. The third-order valence-electron chi connectivity index (χ3n) is 6.03. The van der Waals surface area contributed by atoms with Crippen molar-refractivity contribution in [1.82, 2.24) is 5.43 Å². The minimum absolute atomic E-state index is 0.0107. The highest BCUT2D eigenvalue weighted by molar-refractivity contribution is 6.01. The molecule has 1 saturated carbocycles. The maximum Gasteiger partial charge on any atom is 0.244 e. The molecule has 1 aliphatic rings. The molecule has 1 amide bonds. The SMILES string of the molecule is CCCC(=NNC(=O)C1CC1(c1ccccc1)c1ccccc1)c1ccc(C)cc1. The Morgan fingerprint density at radius 3 is 2.03 bits per heavy atom. The molecule has 1 fully saturated rings. The van der Waals surface area contributed by atoms with Crippen molar-refractivity contribution in [2.24, 2.45) is 11.0 Å². The van der Waals surface area contributed by atoms with Crippen molar-refractivity contribution in [3.8, 4) is 0 Å². The van der Waals surface area contributed by atoms with Crippen LogP contribution >= 0.6 is 0 Å². The van der Waals surface area contributed by atoms with Crippen molar-refractivity contribution in [3.05, 3.63) is 107 Å². The number of rotatable bonds is 7. The van der Waals surface area contributed by atoms with E-state index in [1.807, 2.05) is 36.4 Å². The highest BCUT2D eigenvalue weighted by Gasteiger charge is 2.60. The van der Waals surface area contributed by atoms with Gasteiger partial charge >= 0.3 is 0 Å². The van der Waals surface area contributed by atoms with Crippen LogP contribution in [0.4, 0.5) is 0 Å². The summed E-state index contributed by atoms with van der Waals surface area (Å²) in [4.78, 5) is 13.1. The molecule has 30 heavy (non-hydrogen) atoms. The molecule has 0 spiro atoms. The van der Waals surface area contributed by atoms with Crippen LogP contribution in [-0.2, 0) is 10.2 Å². The Balaban J connectivity index is 1.58. The van der Waals surface area contributed by atoms with E-state index in [9.17, 15) is 4.79 Å². The van der Waals surface area contributed by atoms with E-state index in [0.717, 1.165) is 30.5 Å². The summed E-state index contributed by atoms with van der Waals surface area (Å²) < 4.78 is 0. The second-order valence-corrected chi connectivity index (χ2v) is 8.11. The predicted octanol–water partition coefficient (Wildman–Crippen LogP) is 5.62. The van der Waals surface area contributed by atoms with Crippen molar-refractivity contribution in [3.63, 3.8) is 0 Å². The maximum absolute atomic E-state index is 13.1. The molecule has 3 aromatic rings. The number of nitrogens with one attached hydrogen (secondary N) is 1. The summed E-state index contributed by atoms with van der Waals surface area (Å²) in [6.45, 7) is 4.20. The molecule has 3 aromatic carbocycles. The zero-order valence-electron chi connectivity index (χ0n) is 17.6. The van der Waals surface area contributed by atoms with Crippen molar-refractivity contribution in [2.75, 3.05) is 0 Å². The average Bonchev–Trinajstić information content (AvgIpc) is 3.55. The van der Waals surface area contributed by atoms with Gasteiger partial charge in [-0.25, -0.2) is 5.43 Å². The average molecular weight is 397 g/mol. The zero-order chi connectivity index (χ0) is 21.0. The van der Waals surface area contributed by atoms with Gasteiger partial charge in [0, 0.05) is 5.41 Å². The summed E-state index contributed by atoms with van der Waals surface area (Å²) in [7, 11) is 0. The molecule has 0 aromatic heterocycles. The minimum Gasteiger partial charge on any atom is -0.273 e. The van der Waals surface area contributed by atoms with Crippen LogP contribution in [-0.4, -0.2) is 11.6 Å². The standard InChI is InChI=1S/C27H28N2O/c1-3-10-25(21-17-15-20(2)16-18-21)28-29-26(30)24-19-27(24,22-11-6-4-7-12-22)23-13-8-5-9-14-23/h4-9,11-18,24H,3,10,19H2,1-2H3,(H,29,30). The third kappa shape index (κ3) is 3.93. The van der Waals surface area contributed by atoms with E-state index in [1.54, 1.807) is 0 Å². The zero-order valence-corrected chi connectivity index (χ0v) is 17.6. The van der Waals surface area contributed by atoms with Gasteiger partial charge < -0.3 is 0 Å². The molecule has 3 nitrogen and oxygen atoms in total. The molecule has 0 aliphatic heterocycles. The lowest BCUT2D eigenvalue weighted by Gasteiger charge is -2.18. The molecule has 1 N–H and O–H groups in total. The monoisotopic (exact) mass is 396 g/mol. The molecular weight excluding hydrogens is 368 g/mol. The Morgan fingerprint density at radius 2 is 1.50 bits per heavy atom. The molecule has 1 atom stereocenters. The van der Waals surface area contributed by atoms with Gasteiger partial charge in [0.15, 0.2) is 0 Å². The van der Waals surface area contributed by atoms with E-state index in [1.165, 1.54) is 16.7 Å². The molecule has 0 heterocycles. The van der Waals surface area contributed by atoms with Crippen LogP contribution in [0.15, 0.2) is 90.0 Å². The second-order valence-electron chi connectivity index (χ2n) is 8.11. The third-order valence-corrected chi connectivity index (χ3v) is 6.03. The number of amides is 1. The Hall–Kier alpha value is -3.20. The van der Waals surface area contributed by atoms with Gasteiger partial charge in [-0.15, -0.1) is 0 Å². The number of aryl methyl sites for hydroxylation is 1. The lowest BCUT2D eigenvalue weighted by Crippen LogP contribution is -2.26. The number of hydrogen-bond acceptors (Lipinski definition) is 2. The Kier molecular flexibility index (Phi) is 5.80.